The van der Waals surface area contributed by atoms with Gasteiger partial charge in [0.25, 0.3) is 0 Å². The highest BCUT2D eigenvalue weighted by Gasteiger charge is 2.21. The third kappa shape index (κ3) is 2.21. The highest BCUT2D eigenvalue weighted by Crippen LogP contribution is 2.35. The van der Waals surface area contributed by atoms with E-state index in [1.54, 1.807) is 19.1 Å². The molecule has 1 N–H and O–H groups in total. The third-order valence-corrected chi connectivity index (χ3v) is 4.99. The predicted molar refractivity (Wildman–Crippen MR) is 85.0 cm³/mol. The largest absolute Gasteiger partial charge is 0.477 e. The zero-order valence-corrected chi connectivity index (χ0v) is 13.5. The zero-order chi connectivity index (χ0) is 15.3. The number of hydrogen-bond acceptors (Lipinski definition) is 3. The molecule has 0 saturated carbocycles. The van der Waals surface area contributed by atoms with E-state index in [0.29, 0.717) is 25.6 Å². The van der Waals surface area contributed by atoms with E-state index in [0.717, 1.165) is 28.3 Å². The van der Waals surface area contributed by atoms with Gasteiger partial charge >= 0.3 is 5.97 Å². The molecular formula is C14H10Cl2N2O2S. The molecule has 0 aliphatic carbocycles. The summed E-state index contributed by atoms with van der Waals surface area (Å²) in [6.45, 7) is 3.67. The number of aromatic nitrogens is 2. The Morgan fingerprint density at radius 2 is 2.00 bits per heavy atom. The zero-order valence-electron chi connectivity index (χ0n) is 11.1. The summed E-state index contributed by atoms with van der Waals surface area (Å²) in [6.07, 6.45) is 0. The van der Waals surface area contributed by atoms with Crippen molar-refractivity contribution in [3.63, 3.8) is 0 Å². The minimum atomic E-state index is -0.937. The number of imidazole rings is 1. The predicted octanol–water partition coefficient (Wildman–Crippen LogP) is 4.68. The Balaban J connectivity index is 2.26. The lowest BCUT2D eigenvalue weighted by Gasteiger charge is -2.04. The van der Waals surface area contributed by atoms with Crippen LogP contribution in [0.3, 0.4) is 0 Å². The SMILES string of the molecule is Cc1c(-c2ccc(Cl)cc2Cl)nc2sc(C(=O)O)c(C)n12. The molecule has 0 bridgehead atoms. The van der Waals surface area contributed by atoms with E-state index in [1.165, 1.54) is 0 Å². The van der Waals surface area contributed by atoms with Crippen molar-refractivity contribution >= 4 is 45.5 Å². The summed E-state index contributed by atoms with van der Waals surface area (Å²) < 4.78 is 1.84. The molecule has 0 saturated heterocycles. The Labute approximate surface area is 134 Å². The molecule has 0 spiro atoms. The van der Waals surface area contributed by atoms with Gasteiger partial charge in [0.15, 0.2) is 4.96 Å². The first-order valence-corrected chi connectivity index (χ1v) is 7.64. The molecule has 2 aromatic heterocycles. The molecule has 7 heteroatoms. The first-order chi connectivity index (χ1) is 9.90. The maximum atomic E-state index is 11.2. The number of rotatable bonds is 2. The van der Waals surface area contributed by atoms with E-state index in [9.17, 15) is 9.90 Å². The molecule has 3 rings (SSSR count). The molecule has 21 heavy (non-hydrogen) atoms. The van der Waals surface area contributed by atoms with Gasteiger partial charge in [-0.25, -0.2) is 9.78 Å². The van der Waals surface area contributed by atoms with Crippen LogP contribution >= 0.6 is 34.5 Å². The second-order valence-corrected chi connectivity index (χ2v) is 6.43. The number of aryl methyl sites for hydroxylation is 2. The van der Waals surface area contributed by atoms with Crippen molar-refractivity contribution in [1.29, 1.82) is 0 Å². The van der Waals surface area contributed by atoms with Crippen molar-refractivity contribution in [1.82, 2.24) is 9.38 Å². The number of hydrogen-bond donors (Lipinski definition) is 1. The van der Waals surface area contributed by atoms with Gasteiger partial charge in [0.2, 0.25) is 0 Å². The van der Waals surface area contributed by atoms with Crippen molar-refractivity contribution in [2.45, 2.75) is 13.8 Å². The number of carboxylic acids is 1. The second kappa shape index (κ2) is 5.02. The third-order valence-electron chi connectivity index (χ3n) is 3.31. The molecule has 108 valence electrons. The summed E-state index contributed by atoms with van der Waals surface area (Å²) in [5.41, 5.74) is 3.05. The normalized spacial score (nSPS) is 11.2. The van der Waals surface area contributed by atoms with Crippen LogP contribution < -0.4 is 0 Å². The number of halogens is 2. The van der Waals surface area contributed by atoms with Crippen molar-refractivity contribution in [3.05, 3.63) is 44.5 Å². The van der Waals surface area contributed by atoms with E-state index in [2.05, 4.69) is 4.98 Å². The molecule has 0 radical (unpaired) electrons. The van der Waals surface area contributed by atoms with Crippen LogP contribution in [0.5, 0.6) is 0 Å². The van der Waals surface area contributed by atoms with Crippen LogP contribution in [0.2, 0.25) is 10.0 Å². The average Bonchev–Trinajstić information content (AvgIpc) is 2.88. The monoisotopic (exact) mass is 340 g/mol. The van der Waals surface area contributed by atoms with Crippen molar-refractivity contribution in [2.75, 3.05) is 0 Å². The summed E-state index contributed by atoms with van der Waals surface area (Å²) in [7, 11) is 0. The molecule has 0 aliphatic heterocycles. The van der Waals surface area contributed by atoms with Gasteiger partial charge in [-0.1, -0.05) is 34.5 Å². The Bertz CT molecular complexity index is 883. The number of carboxylic acid groups (broad SMARTS) is 1. The first-order valence-electron chi connectivity index (χ1n) is 6.07. The minimum absolute atomic E-state index is 0.300. The van der Waals surface area contributed by atoms with Crippen LogP contribution in [-0.2, 0) is 0 Å². The van der Waals surface area contributed by atoms with Gasteiger partial charge < -0.3 is 5.11 Å². The van der Waals surface area contributed by atoms with Gasteiger partial charge in [0.1, 0.15) is 4.88 Å². The smallest absolute Gasteiger partial charge is 0.347 e. The number of nitrogens with zero attached hydrogens (tertiary/aromatic N) is 2. The topological polar surface area (TPSA) is 54.6 Å². The quantitative estimate of drug-likeness (QED) is 0.736. The molecule has 1 aromatic carbocycles. The molecule has 0 unspecified atom stereocenters. The lowest BCUT2D eigenvalue weighted by Crippen LogP contribution is -1.98. The van der Waals surface area contributed by atoms with Crippen molar-refractivity contribution in [3.8, 4) is 11.3 Å². The fourth-order valence-electron chi connectivity index (χ4n) is 2.34. The minimum Gasteiger partial charge on any atom is -0.477 e. The first kappa shape index (κ1) is 14.4. The molecule has 4 nitrogen and oxygen atoms in total. The molecule has 3 aromatic rings. The van der Waals surface area contributed by atoms with Crippen LogP contribution in [0.1, 0.15) is 21.1 Å². The fraction of sp³-hybridized carbons (Fsp3) is 0.143. The average molecular weight is 341 g/mol. The van der Waals surface area contributed by atoms with Crippen LogP contribution in [0, 0.1) is 13.8 Å². The molecule has 2 heterocycles. The van der Waals surface area contributed by atoms with E-state index >= 15 is 0 Å². The van der Waals surface area contributed by atoms with Crippen molar-refractivity contribution < 1.29 is 9.90 Å². The second-order valence-electron chi connectivity index (χ2n) is 4.61. The van der Waals surface area contributed by atoms with E-state index in [4.69, 9.17) is 23.2 Å². The maximum absolute atomic E-state index is 11.2. The molecular weight excluding hydrogens is 331 g/mol. The summed E-state index contributed by atoms with van der Waals surface area (Å²) in [5.74, 6) is -0.937. The summed E-state index contributed by atoms with van der Waals surface area (Å²) in [4.78, 5) is 16.7. The Morgan fingerprint density at radius 3 is 2.57 bits per heavy atom. The number of aromatic carboxylic acids is 1. The fourth-order valence-corrected chi connectivity index (χ4v) is 3.85. The molecule has 0 fully saturated rings. The maximum Gasteiger partial charge on any atom is 0.347 e. The number of carbonyl (C=O) groups is 1. The highest BCUT2D eigenvalue weighted by molar-refractivity contribution is 7.19. The van der Waals surface area contributed by atoms with Gasteiger partial charge in [-0.3, -0.25) is 4.40 Å². The highest BCUT2D eigenvalue weighted by atomic mass is 35.5. The van der Waals surface area contributed by atoms with Gasteiger partial charge in [-0.15, -0.1) is 0 Å². The summed E-state index contributed by atoms with van der Waals surface area (Å²) >= 11 is 13.3. The van der Waals surface area contributed by atoms with E-state index in [1.807, 2.05) is 17.4 Å². The molecule has 0 atom stereocenters. The summed E-state index contributed by atoms with van der Waals surface area (Å²) in [6, 6.07) is 5.24. The van der Waals surface area contributed by atoms with E-state index < -0.39 is 5.97 Å². The van der Waals surface area contributed by atoms with Gasteiger partial charge in [-0.2, -0.15) is 0 Å². The Morgan fingerprint density at radius 1 is 1.29 bits per heavy atom. The van der Waals surface area contributed by atoms with Crippen molar-refractivity contribution in [2.24, 2.45) is 0 Å². The molecule has 0 aliphatic rings. The lowest BCUT2D eigenvalue weighted by molar-refractivity contribution is 0.0701. The van der Waals surface area contributed by atoms with Gasteiger partial charge in [-0.05, 0) is 32.0 Å². The van der Waals surface area contributed by atoms with E-state index in [-0.39, 0.29) is 0 Å². The van der Waals surface area contributed by atoms with Crippen LogP contribution in [0.4, 0.5) is 0 Å². The van der Waals surface area contributed by atoms with Gasteiger partial charge in [0, 0.05) is 22.0 Å². The standard InChI is InChI=1S/C14H10Cl2N2O2S/c1-6-11(9-4-3-8(15)5-10(9)16)17-14-18(6)7(2)12(21-14)13(19)20/h3-5H,1-2H3,(H,19,20). The molecule has 0 amide bonds. The Hall–Kier alpha value is -1.56. The van der Waals surface area contributed by atoms with Crippen LogP contribution in [0.15, 0.2) is 18.2 Å². The number of thiazole rings is 1. The number of benzene rings is 1. The lowest BCUT2D eigenvalue weighted by atomic mass is 10.1. The Kier molecular flexibility index (Phi) is 3.43. The van der Waals surface area contributed by atoms with Gasteiger partial charge in [0.05, 0.1) is 10.7 Å². The van der Waals surface area contributed by atoms with Crippen LogP contribution in [0.25, 0.3) is 16.2 Å². The number of fused-ring (bicyclic) bond motifs is 1. The van der Waals surface area contributed by atoms with Crippen LogP contribution in [-0.4, -0.2) is 20.5 Å². The summed E-state index contributed by atoms with van der Waals surface area (Å²) in [5, 5.41) is 10.3.